The number of carbonyl (C=O) groups is 2. The third kappa shape index (κ3) is 3.37. The molecule has 0 spiro atoms. The van der Waals surface area contributed by atoms with Crippen LogP contribution >= 0.6 is 15.9 Å². The molecule has 1 atom stereocenters. The molecule has 0 fully saturated rings. The second kappa shape index (κ2) is 6.99. The van der Waals surface area contributed by atoms with E-state index in [4.69, 9.17) is 18.6 Å². The second-order valence-electron chi connectivity index (χ2n) is 5.95. The number of furan rings is 1. The summed E-state index contributed by atoms with van der Waals surface area (Å²) in [6.45, 7) is 1.76. The number of hydrogen-bond acceptors (Lipinski definition) is 6. The molecule has 0 bridgehead atoms. The summed E-state index contributed by atoms with van der Waals surface area (Å²) < 4.78 is 22.0. The number of nitrogens with one attached hydrogen (secondary N) is 2. The van der Waals surface area contributed by atoms with Gasteiger partial charge in [-0.05, 0) is 36.8 Å². The zero-order valence-electron chi connectivity index (χ0n) is 14.2. The molecular formula is C18H15BrN2O6. The highest BCUT2D eigenvalue weighted by atomic mass is 79.9. The van der Waals surface area contributed by atoms with Gasteiger partial charge >= 0.3 is 12.0 Å². The van der Waals surface area contributed by atoms with E-state index in [9.17, 15) is 9.59 Å². The van der Waals surface area contributed by atoms with Gasteiger partial charge < -0.3 is 29.3 Å². The first kappa shape index (κ1) is 17.5. The molecule has 2 aliphatic rings. The zero-order valence-corrected chi connectivity index (χ0v) is 15.8. The van der Waals surface area contributed by atoms with Crippen molar-refractivity contribution in [3.05, 3.63) is 57.6 Å². The van der Waals surface area contributed by atoms with E-state index < -0.39 is 18.0 Å². The zero-order chi connectivity index (χ0) is 19.0. The molecule has 0 saturated carbocycles. The fraction of sp³-hybridized carbons (Fsp3) is 0.222. The Hall–Kier alpha value is -2.94. The maximum Gasteiger partial charge on any atom is 0.338 e. The topological polar surface area (TPSA) is 99.0 Å². The molecule has 0 saturated heterocycles. The highest BCUT2D eigenvalue weighted by Crippen LogP contribution is 2.41. The van der Waals surface area contributed by atoms with E-state index in [1.54, 1.807) is 31.2 Å². The van der Waals surface area contributed by atoms with Gasteiger partial charge in [0.25, 0.3) is 0 Å². The van der Waals surface area contributed by atoms with Crippen LogP contribution in [0.3, 0.4) is 0 Å². The lowest BCUT2D eigenvalue weighted by Gasteiger charge is -2.28. The lowest BCUT2D eigenvalue weighted by molar-refractivity contribution is -0.141. The molecule has 2 aromatic rings. The summed E-state index contributed by atoms with van der Waals surface area (Å²) in [6.07, 6.45) is 1.50. The number of esters is 1. The number of rotatable bonds is 4. The van der Waals surface area contributed by atoms with Crippen LogP contribution in [0.4, 0.5) is 4.79 Å². The van der Waals surface area contributed by atoms with Crippen molar-refractivity contribution < 1.29 is 28.2 Å². The van der Waals surface area contributed by atoms with E-state index in [1.807, 2.05) is 0 Å². The van der Waals surface area contributed by atoms with Crippen LogP contribution in [-0.4, -0.2) is 18.8 Å². The molecule has 1 aromatic heterocycles. The van der Waals surface area contributed by atoms with E-state index in [0.717, 1.165) is 0 Å². The molecular weight excluding hydrogens is 420 g/mol. The SMILES string of the molecule is CC1=C(C(=O)OCc2ccco2)C(c2cc3c(cc2Br)OCO3)NC(=O)N1. The van der Waals surface area contributed by atoms with Crippen molar-refractivity contribution >= 4 is 27.9 Å². The minimum absolute atomic E-state index is 0.00834. The smallest absolute Gasteiger partial charge is 0.338 e. The molecule has 0 aliphatic carbocycles. The predicted molar refractivity (Wildman–Crippen MR) is 95.9 cm³/mol. The van der Waals surface area contributed by atoms with Crippen molar-refractivity contribution in [2.24, 2.45) is 0 Å². The first-order valence-electron chi connectivity index (χ1n) is 8.10. The lowest BCUT2D eigenvalue weighted by Crippen LogP contribution is -2.45. The maximum atomic E-state index is 12.8. The summed E-state index contributed by atoms with van der Waals surface area (Å²) in [6, 6.07) is 5.77. The number of allylic oxidation sites excluding steroid dienone is 1. The Morgan fingerprint density at radius 3 is 2.85 bits per heavy atom. The first-order chi connectivity index (χ1) is 13.0. The van der Waals surface area contributed by atoms with Gasteiger partial charge in [-0.25, -0.2) is 9.59 Å². The van der Waals surface area contributed by atoms with Crippen molar-refractivity contribution in [2.45, 2.75) is 19.6 Å². The van der Waals surface area contributed by atoms with Crippen molar-refractivity contribution in [1.29, 1.82) is 0 Å². The number of amides is 2. The Bertz CT molecular complexity index is 938. The standard InChI is InChI=1S/C18H15BrN2O6/c1-9-15(17(22)25-7-10-3-2-4-24-10)16(21-18(23)20-9)11-5-13-14(6-12(11)19)27-8-26-13/h2-6,16H,7-8H2,1H3,(H2,20,21,23). The van der Waals surface area contributed by atoms with Crippen LogP contribution in [0.5, 0.6) is 11.5 Å². The van der Waals surface area contributed by atoms with Crippen LogP contribution in [0.1, 0.15) is 24.3 Å². The predicted octanol–water partition coefficient (Wildman–Crippen LogP) is 3.14. The van der Waals surface area contributed by atoms with Crippen LogP contribution in [0.15, 0.2) is 50.7 Å². The second-order valence-corrected chi connectivity index (χ2v) is 6.81. The van der Waals surface area contributed by atoms with E-state index in [2.05, 4.69) is 26.6 Å². The highest BCUT2D eigenvalue weighted by Gasteiger charge is 2.34. The van der Waals surface area contributed by atoms with Crippen LogP contribution in [0, 0.1) is 0 Å². The van der Waals surface area contributed by atoms with Gasteiger partial charge in [0.1, 0.15) is 12.4 Å². The fourth-order valence-electron chi connectivity index (χ4n) is 2.96. The summed E-state index contributed by atoms with van der Waals surface area (Å²) in [5, 5.41) is 5.37. The van der Waals surface area contributed by atoms with E-state index in [0.29, 0.717) is 38.6 Å². The van der Waals surface area contributed by atoms with Gasteiger partial charge in [-0.2, -0.15) is 0 Å². The molecule has 4 rings (SSSR count). The van der Waals surface area contributed by atoms with Crippen molar-refractivity contribution in [2.75, 3.05) is 6.79 Å². The van der Waals surface area contributed by atoms with Crippen molar-refractivity contribution in [1.82, 2.24) is 10.6 Å². The monoisotopic (exact) mass is 434 g/mol. The molecule has 3 heterocycles. The third-order valence-electron chi connectivity index (χ3n) is 4.22. The minimum Gasteiger partial charge on any atom is -0.466 e. The van der Waals surface area contributed by atoms with Crippen molar-refractivity contribution in [3.8, 4) is 11.5 Å². The van der Waals surface area contributed by atoms with Crippen LogP contribution < -0.4 is 20.1 Å². The summed E-state index contributed by atoms with van der Waals surface area (Å²) in [4.78, 5) is 24.8. The number of benzene rings is 1. The number of hydrogen-bond donors (Lipinski definition) is 2. The molecule has 1 unspecified atom stereocenters. The molecule has 9 heteroatoms. The Labute approximate surface area is 162 Å². The van der Waals surface area contributed by atoms with Gasteiger partial charge in [0.05, 0.1) is 17.9 Å². The molecule has 8 nitrogen and oxygen atoms in total. The Kier molecular flexibility index (Phi) is 4.53. The number of urea groups is 1. The minimum atomic E-state index is -0.716. The van der Waals surface area contributed by atoms with Gasteiger partial charge in [0, 0.05) is 10.2 Å². The molecule has 1 aromatic carbocycles. The highest BCUT2D eigenvalue weighted by molar-refractivity contribution is 9.10. The molecule has 2 amide bonds. The number of carbonyl (C=O) groups excluding carboxylic acids is 2. The van der Waals surface area contributed by atoms with E-state index in [1.165, 1.54) is 6.26 Å². The van der Waals surface area contributed by atoms with Crippen LogP contribution in [0.2, 0.25) is 0 Å². The van der Waals surface area contributed by atoms with Crippen LogP contribution in [0.25, 0.3) is 0 Å². The van der Waals surface area contributed by atoms with Crippen molar-refractivity contribution in [3.63, 3.8) is 0 Å². The van der Waals surface area contributed by atoms with Gasteiger partial charge in [-0.3, -0.25) is 0 Å². The number of halogens is 1. The largest absolute Gasteiger partial charge is 0.466 e. The quantitative estimate of drug-likeness (QED) is 0.717. The normalized spacial score (nSPS) is 18.1. The summed E-state index contributed by atoms with van der Waals surface area (Å²) >= 11 is 3.48. The number of fused-ring (bicyclic) bond motifs is 1. The molecule has 2 aliphatic heterocycles. The number of ether oxygens (including phenoxy) is 3. The van der Waals surface area contributed by atoms with Gasteiger partial charge in [0.2, 0.25) is 6.79 Å². The molecule has 0 radical (unpaired) electrons. The fourth-order valence-corrected chi connectivity index (χ4v) is 3.51. The average molecular weight is 435 g/mol. The molecule has 2 N–H and O–H groups in total. The van der Waals surface area contributed by atoms with Gasteiger partial charge in [0.15, 0.2) is 11.5 Å². The Morgan fingerprint density at radius 2 is 2.11 bits per heavy atom. The van der Waals surface area contributed by atoms with Crippen LogP contribution in [-0.2, 0) is 16.1 Å². The average Bonchev–Trinajstić information content (AvgIpc) is 3.29. The Balaban J connectivity index is 1.66. The molecule has 140 valence electrons. The first-order valence-corrected chi connectivity index (χ1v) is 8.89. The third-order valence-corrected chi connectivity index (χ3v) is 4.90. The van der Waals surface area contributed by atoms with E-state index in [-0.39, 0.29) is 13.4 Å². The summed E-state index contributed by atoms with van der Waals surface area (Å²) in [7, 11) is 0. The summed E-state index contributed by atoms with van der Waals surface area (Å²) in [5.41, 5.74) is 1.36. The van der Waals surface area contributed by atoms with E-state index >= 15 is 0 Å². The van der Waals surface area contributed by atoms with Gasteiger partial charge in [-0.15, -0.1) is 0 Å². The summed E-state index contributed by atoms with van der Waals surface area (Å²) in [5.74, 6) is 1.09. The van der Waals surface area contributed by atoms with Gasteiger partial charge in [-0.1, -0.05) is 15.9 Å². The maximum absolute atomic E-state index is 12.8. The Morgan fingerprint density at radius 1 is 1.33 bits per heavy atom. The lowest BCUT2D eigenvalue weighted by atomic mass is 9.95. The molecule has 27 heavy (non-hydrogen) atoms.